The molecule has 0 radical (unpaired) electrons. The molecule has 1 heterocycles. The molecule has 0 saturated heterocycles. The summed E-state index contributed by atoms with van der Waals surface area (Å²) in [5, 5.41) is 2.80. The summed E-state index contributed by atoms with van der Waals surface area (Å²) in [6, 6.07) is 0. The second kappa shape index (κ2) is 6.81. The summed E-state index contributed by atoms with van der Waals surface area (Å²) in [4.78, 5) is 11.4. The maximum atomic E-state index is 5.43. The number of aromatic nitrogens is 3. The van der Waals surface area contributed by atoms with E-state index in [1.165, 1.54) is 7.11 Å². The van der Waals surface area contributed by atoms with Crippen LogP contribution in [0.5, 0.6) is 0 Å². The highest BCUT2D eigenvalue weighted by Crippen LogP contribution is 2.06. The van der Waals surface area contributed by atoms with E-state index in [9.17, 15) is 0 Å². The van der Waals surface area contributed by atoms with Gasteiger partial charge in [-0.15, -0.1) is 0 Å². The Kier molecular flexibility index (Phi) is 5.37. The van der Waals surface area contributed by atoms with Crippen LogP contribution >= 0.6 is 0 Å². The SMILES string of the molecule is CCCCOC(Nc1nc(N)nc(N)n1)OC. The number of nitrogens with zero attached hydrogens (tertiary/aromatic N) is 3. The average Bonchev–Trinajstić information content (AvgIpc) is 2.26. The molecule has 8 heteroatoms. The number of nitrogen functional groups attached to an aromatic ring is 2. The number of nitrogens with one attached hydrogen (secondary N) is 1. The van der Waals surface area contributed by atoms with Gasteiger partial charge in [-0.2, -0.15) is 15.0 Å². The summed E-state index contributed by atoms with van der Waals surface area (Å²) in [7, 11) is 1.51. The predicted octanol–water partition coefficient (Wildman–Crippen LogP) is 0.195. The number of nitrogens with two attached hydrogens (primary N) is 2. The van der Waals surface area contributed by atoms with E-state index in [0.717, 1.165) is 12.8 Å². The van der Waals surface area contributed by atoms with Gasteiger partial charge in [0.05, 0.1) is 6.61 Å². The van der Waals surface area contributed by atoms with Crippen molar-refractivity contribution < 1.29 is 9.47 Å². The van der Waals surface area contributed by atoms with Crippen LogP contribution in [0.4, 0.5) is 17.8 Å². The summed E-state index contributed by atoms with van der Waals surface area (Å²) in [6.07, 6.45) is 1.35. The van der Waals surface area contributed by atoms with E-state index < -0.39 is 6.41 Å². The highest BCUT2D eigenvalue weighted by Gasteiger charge is 2.10. The molecule has 0 aromatic carbocycles. The highest BCUT2D eigenvalue weighted by molar-refractivity contribution is 5.36. The van der Waals surface area contributed by atoms with Crippen molar-refractivity contribution in [1.82, 2.24) is 15.0 Å². The molecule has 0 aliphatic heterocycles. The lowest BCUT2D eigenvalue weighted by molar-refractivity contribution is -0.105. The molecule has 0 aliphatic carbocycles. The van der Waals surface area contributed by atoms with Crippen molar-refractivity contribution in [3.8, 4) is 0 Å². The predicted molar refractivity (Wildman–Crippen MR) is 63.9 cm³/mol. The molecule has 0 fully saturated rings. The third-order valence-electron chi connectivity index (χ3n) is 1.90. The monoisotopic (exact) mass is 242 g/mol. The largest absolute Gasteiger partial charge is 0.368 e. The number of ether oxygens (including phenoxy) is 2. The molecular formula is C9H18N6O2. The van der Waals surface area contributed by atoms with Gasteiger partial charge in [-0.3, -0.25) is 0 Å². The van der Waals surface area contributed by atoms with Gasteiger partial charge in [0.1, 0.15) is 0 Å². The van der Waals surface area contributed by atoms with Gasteiger partial charge in [-0.1, -0.05) is 13.3 Å². The maximum Gasteiger partial charge on any atom is 0.240 e. The number of hydrogen-bond acceptors (Lipinski definition) is 8. The number of unbranched alkanes of at least 4 members (excludes halogenated alkanes) is 1. The van der Waals surface area contributed by atoms with Crippen molar-refractivity contribution in [3.05, 3.63) is 0 Å². The molecule has 1 aromatic heterocycles. The van der Waals surface area contributed by atoms with E-state index in [-0.39, 0.29) is 17.8 Å². The van der Waals surface area contributed by atoms with E-state index in [4.69, 9.17) is 20.9 Å². The Morgan fingerprint density at radius 3 is 2.41 bits per heavy atom. The topological polar surface area (TPSA) is 121 Å². The summed E-state index contributed by atoms with van der Waals surface area (Å²) in [6.45, 7) is 2.66. The fourth-order valence-electron chi connectivity index (χ4n) is 1.08. The molecule has 8 nitrogen and oxygen atoms in total. The molecule has 17 heavy (non-hydrogen) atoms. The van der Waals surface area contributed by atoms with Gasteiger partial charge >= 0.3 is 0 Å². The van der Waals surface area contributed by atoms with Crippen molar-refractivity contribution >= 4 is 17.8 Å². The maximum absolute atomic E-state index is 5.43. The lowest BCUT2D eigenvalue weighted by Gasteiger charge is -2.17. The van der Waals surface area contributed by atoms with E-state index in [1.807, 2.05) is 0 Å². The standard InChI is InChI=1S/C9H18N6O2/c1-3-4-5-17-9(16-2)15-8-13-6(10)12-7(11)14-8/h9H,3-5H2,1-2H3,(H5,10,11,12,13,14,15). The minimum Gasteiger partial charge on any atom is -0.368 e. The molecule has 1 aromatic rings. The minimum atomic E-state index is -0.636. The Hall–Kier alpha value is -1.67. The summed E-state index contributed by atoms with van der Waals surface area (Å²) in [5.74, 6) is 0.310. The van der Waals surface area contributed by atoms with Crippen LogP contribution in [0.2, 0.25) is 0 Å². The Morgan fingerprint density at radius 1 is 1.24 bits per heavy atom. The number of rotatable bonds is 7. The van der Waals surface area contributed by atoms with Crippen LogP contribution in [0.1, 0.15) is 19.8 Å². The first-order valence-electron chi connectivity index (χ1n) is 5.33. The Morgan fingerprint density at radius 2 is 1.88 bits per heavy atom. The van der Waals surface area contributed by atoms with E-state index in [0.29, 0.717) is 6.61 Å². The van der Waals surface area contributed by atoms with Crippen molar-refractivity contribution in [2.24, 2.45) is 0 Å². The van der Waals surface area contributed by atoms with Crippen molar-refractivity contribution in [1.29, 1.82) is 0 Å². The molecule has 5 N–H and O–H groups in total. The third-order valence-corrected chi connectivity index (χ3v) is 1.90. The summed E-state index contributed by atoms with van der Waals surface area (Å²) < 4.78 is 10.5. The lowest BCUT2D eigenvalue weighted by atomic mass is 10.4. The Bertz CT molecular complexity index is 328. The summed E-state index contributed by atoms with van der Waals surface area (Å²) in [5.41, 5.74) is 10.9. The van der Waals surface area contributed by atoms with Gasteiger partial charge < -0.3 is 26.3 Å². The normalized spacial score (nSPS) is 12.4. The van der Waals surface area contributed by atoms with Crippen molar-refractivity contribution in [2.45, 2.75) is 26.2 Å². The molecule has 0 amide bonds. The molecule has 0 bridgehead atoms. The fourth-order valence-corrected chi connectivity index (χ4v) is 1.08. The van der Waals surface area contributed by atoms with E-state index in [1.54, 1.807) is 0 Å². The van der Waals surface area contributed by atoms with Crippen molar-refractivity contribution in [3.63, 3.8) is 0 Å². The van der Waals surface area contributed by atoms with Crippen LogP contribution in [0.25, 0.3) is 0 Å². The van der Waals surface area contributed by atoms with Gasteiger partial charge in [-0.25, -0.2) is 0 Å². The molecule has 0 spiro atoms. The van der Waals surface area contributed by atoms with Crippen LogP contribution in [-0.4, -0.2) is 35.1 Å². The first kappa shape index (κ1) is 13.4. The zero-order chi connectivity index (χ0) is 12.7. The van der Waals surface area contributed by atoms with Gasteiger partial charge in [0, 0.05) is 7.11 Å². The quantitative estimate of drug-likeness (QED) is 0.457. The second-order valence-corrected chi connectivity index (χ2v) is 3.31. The lowest BCUT2D eigenvalue weighted by Crippen LogP contribution is -2.27. The molecule has 96 valence electrons. The van der Waals surface area contributed by atoms with Crippen LogP contribution in [0, 0.1) is 0 Å². The molecule has 1 unspecified atom stereocenters. The Balaban J connectivity index is 2.54. The van der Waals surface area contributed by atoms with Gasteiger partial charge in [0.2, 0.25) is 24.3 Å². The van der Waals surface area contributed by atoms with E-state index >= 15 is 0 Å². The van der Waals surface area contributed by atoms with Crippen LogP contribution in [0.3, 0.4) is 0 Å². The first-order valence-corrected chi connectivity index (χ1v) is 5.33. The van der Waals surface area contributed by atoms with Crippen molar-refractivity contribution in [2.75, 3.05) is 30.5 Å². The van der Waals surface area contributed by atoms with Gasteiger partial charge in [0.15, 0.2) is 0 Å². The smallest absolute Gasteiger partial charge is 0.240 e. The molecule has 0 aliphatic rings. The minimum absolute atomic E-state index is 0.0448. The third kappa shape index (κ3) is 4.79. The van der Waals surface area contributed by atoms with Crippen LogP contribution in [0.15, 0.2) is 0 Å². The molecular weight excluding hydrogens is 224 g/mol. The highest BCUT2D eigenvalue weighted by atomic mass is 16.7. The van der Waals surface area contributed by atoms with Crippen LogP contribution < -0.4 is 16.8 Å². The molecule has 1 rings (SSSR count). The zero-order valence-electron chi connectivity index (χ0n) is 10.0. The zero-order valence-corrected chi connectivity index (χ0v) is 10.0. The number of hydrogen-bond donors (Lipinski definition) is 3. The average molecular weight is 242 g/mol. The molecule has 1 atom stereocenters. The fraction of sp³-hybridized carbons (Fsp3) is 0.667. The summed E-state index contributed by atoms with van der Waals surface area (Å²) >= 11 is 0. The van der Waals surface area contributed by atoms with E-state index in [2.05, 4.69) is 27.2 Å². The number of methoxy groups -OCH3 is 1. The Labute approximate surface area is 99.7 Å². The first-order chi connectivity index (χ1) is 8.15. The second-order valence-electron chi connectivity index (χ2n) is 3.31. The van der Waals surface area contributed by atoms with Gasteiger partial charge in [-0.05, 0) is 6.42 Å². The molecule has 0 saturated carbocycles. The van der Waals surface area contributed by atoms with Gasteiger partial charge in [0.25, 0.3) is 0 Å². The van der Waals surface area contributed by atoms with Crippen LogP contribution in [-0.2, 0) is 9.47 Å². The number of anilines is 3.